The molecule has 10 heteroatoms. The Hall–Kier alpha value is -4.18. The molecule has 0 aliphatic carbocycles. The van der Waals surface area contributed by atoms with Crippen molar-refractivity contribution in [3.8, 4) is 16.9 Å². The first kappa shape index (κ1) is 34.2. The Morgan fingerprint density at radius 2 is 1.68 bits per heavy atom. The van der Waals surface area contributed by atoms with Gasteiger partial charge in [-0.25, -0.2) is 0 Å². The molecule has 0 unspecified atom stereocenters. The number of likely N-dealkylation sites (tertiary alicyclic amines) is 1. The lowest BCUT2D eigenvalue weighted by atomic mass is 9.99. The monoisotopic (exact) mass is 672 g/mol. The maximum Gasteiger partial charge on any atom is 0.258 e. The van der Waals surface area contributed by atoms with E-state index >= 15 is 0 Å². The molecule has 3 aromatic carbocycles. The number of amides is 3. The maximum absolute atomic E-state index is 13.9. The van der Waals surface area contributed by atoms with E-state index in [0.29, 0.717) is 55.0 Å². The standard InChI is InChI=1S/C37H40N4O4S.ClH/c38-28-17-21-40(22-18-28)35(42)14-8-23-45-33-25-27(37(44)41-20-7-6-13-34-32(41)19-24-46-34)15-16-31(33)39-36(43)30-12-5-4-11-29(30)26-9-2-1-3-10-26;/h1-5,9-12,15-16,19,24-25,28H,6-8,13-14,17-18,20-23,38H2,(H,39,43);1H. The molecule has 2 aliphatic heterocycles. The molecule has 4 aromatic rings. The molecule has 8 nitrogen and oxygen atoms in total. The molecule has 1 saturated heterocycles. The molecular formula is C37H41ClN4O4S. The lowest BCUT2D eigenvalue weighted by Crippen LogP contribution is -2.42. The van der Waals surface area contributed by atoms with E-state index in [-0.39, 0.29) is 42.8 Å². The average molecular weight is 673 g/mol. The van der Waals surface area contributed by atoms with Gasteiger partial charge in [0.25, 0.3) is 11.8 Å². The third-order valence-electron chi connectivity index (χ3n) is 8.71. The zero-order valence-corrected chi connectivity index (χ0v) is 28.0. The number of nitrogens with one attached hydrogen (secondary N) is 1. The van der Waals surface area contributed by atoms with Crippen LogP contribution < -0.4 is 20.7 Å². The second kappa shape index (κ2) is 16.1. The summed E-state index contributed by atoms with van der Waals surface area (Å²) in [6.07, 6.45) is 5.46. The number of nitrogens with two attached hydrogens (primary N) is 1. The van der Waals surface area contributed by atoms with Crippen molar-refractivity contribution in [1.82, 2.24) is 4.90 Å². The lowest BCUT2D eigenvalue weighted by molar-refractivity contribution is -0.132. The highest BCUT2D eigenvalue weighted by atomic mass is 35.5. The first-order valence-electron chi connectivity index (χ1n) is 16.1. The average Bonchev–Trinajstić information content (AvgIpc) is 3.46. The van der Waals surface area contributed by atoms with Crippen LogP contribution in [0.1, 0.15) is 64.1 Å². The van der Waals surface area contributed by atoms with Gasteiger partial charge in [-0.15, -0.1) is 23.7 Å². The summed E-state index contributed by atoms with van der Waals surface area (Å²) in [4.78, 5) is 45.3. The molecule has 47 heavy (non-hydrogen) atoms. The molecule has 1 aromatic heterocycles. The number of anilines is 2. The minimum Gasteiger partial charge on any atom is -0.491 e. The van der Waals surface area contributed by atoms with E-state index in [9.17, 15) is 14.4 Å². The molecular weight excluding hydrogens is 632 g/mol. The van der Waals surface area contributed by atoms with Crippen molar-refractivity contribution in [3.05, 3.63) is 100 Å². The van der Waals surface area contributed by atoms with Gasteiger partial charge in [0.1, 0.15) is 5.75 Å². The number of nitrogens with zero attached hydrogens (tertiary/aromatic N) is 2. The van der Waals surface area contributed by atoms with E-state index in [4.69, 9.17) is 10.5 Å². The Balaban J connectivity index is 0.00000433. The van der Waals surface area contributed by atoms with Crippen molar-refractivity contribution in [3.63, 3.8) is 0 Å². The Kier molecular flexibility index (Phi) is 11.7. The summed E-state index contributed by atoms with van der Waals surface area (Å²) in [6.45, 7) is 2.29. The van der Waals surface area contributed by atoms with Gasteiger partial charge in [-0.05, 0) is 85.4 Å². The Bertz CT molecular complexity index is 1690. The van der Waals surface area contributed by atoms with Gasteiger partial charge in [0.05, 0.1) is 18.0 Å². The zero-order valence-electron chi connectivity index (χ0n) is 26.4. The third kappa shape index (κ3) is 8.22. The van der Waals surface area contributed by atoms with Gasteiger partial charge >= 0.3 is 0 Å². The van der Waals surface area contributed by atoms with Crippen molar-refractivity contribution in [1.29, 1.82) is 0 Å². The number of hydrogen-bond acceptors (Lipinski definition) is 6. The van der Waals surface area contributed by atoms with E-state index in [2.05, 4.69) is 5.32 Å². The second-order valence-corrected chi connectivity index (χ2v) is 12.9. The van der Waals surface area contributed by atoms with Crippen LogP contribution in [-0.4, -0.2) is 54.9 Å². The molecule has 0 bridgehead atoms. The van der Waals surface area contributed by atoms with Crippen molar-refractivity contribution >= 4 is 52.8 Å². The van der Waals surface area contributed by atoms with Crippen molar-refractivity contribution in [2.45, 2.75) is 51.0 Å². The molecule has 0 atom stereocenters. The number of thiophene rings is 1. The van der Waals surface area contributed by atoms with Gasteiger partial charge in [0.2, 0.25) is 5.91 Å². The molecule has 6 rings (SSSR count). The normalized spacial score (nSPS) is 14.8. The van der Waals surface area contributed by atoms with E-state index in [0.717, 1.165) is 48.9 Å². The predicted molar refractivity (Wildman–Crippen MR) is 191 cm³/mol. The van der Waals surface area contributed by atoms with E-state index in [1.165, 1.54) is 4.88 Å². The predicted octanol–water partition coefficient (Wildman–Crippen LogP) is 7.18. The summed E-state index contributed by atoms with van der Waals surface area (Å²) in [6, 6.07) is 24.6. The molecule has 0 saturated carbocycles. The number of rotatable bonds is 9. The highest BCUT2D eigenvalue weighted by Crippen LogP contribution is 2.34. The summed E-state index contributed by atoms with van der Waals surface area (Å²) in [7, 11) is 0. The summed E-state index contributed by atoms with van der Waals surface area (Å²) in [5, 5.41) is 5.07. The van der Waals surface area contributed by atoms with Gasteiger partial charge in [0, 0.05) is 48.1 Å². The van der Waals surface area contributed by atoms with Gasteiger partial charge in [0.15, 0.2) is 0 Å². The summed E-state index contributed by atoms with van der Waals surface area (Å²) in [5.41, 5.74) is 10.2. The van der Waals surface area contributed by atoms with Crippen LogP contribution in [0.2, 0.25) is 0 Å². The fraction of sp³-hybridized carbons (Fsp3) is 0.324. The highest BCUT2D eigenvalue weighted by Gasteiger charge is 2.25. The van der Waals surface area contributed by atoms with Crippen LogP contribution in [0.4, 0.5) is 11.4 Å². The Morgan fingerprint density at radius 3 is 2.49 bits per heavy atom. The van der Waals surface area contributed by atoms with Crippen LogP contribution in [0.25, 0.3) is 11.1 Å². The fourth-order valence-corrected chi connectivity index (χ4v) is 7.06. The first-order chi connectivity index (χ1) is 22.5. The van der Waals surface area contributed by atoms with Gasteiger partial charge in [-0.2, -0.15) is 0 Å². The molecule has 0 spiro atoms. The quantitative estimate of drug-likeness (QED) is 0.183. The third-order valence-corrected chi connectivity index (χ3v) is 9.68. The van der Waals surface area contributed by atoms with Crippen LogP contribution in [0.5, 0.6) is 5.75 Å². The molecule has 0 radical (unpaired) electrons. The second-order valence-electron chi connectivity index (χ2n) is 11.9. The van der Waals surface area contributed by atoms with E-state index in [1.54, 1.807) is 35.6 Å². The number of fused-ring (bicyclic) bond motifs is 1. The molecule has 3 heterocycles. The van der Waals surface area contributed by atoms with Crippen LogP contribution in [-0.2, 0) is 11.2 Å². The number of carbonyl (C=O) groups excluding carboxylic acids is 3. The van der Waals surface area contributed by atoms with Crippen molar-refractivity contribution < 1.29 is 19.1 Å². The minimum atomic E-state index is -0.280. The van der Waals surface area contributed by atoms with Crippen LogP contribution >= 0.6 is 23.7 Å². The Morgan fingerprint density at radius 1 is 0.915 bits per heavy atom. The van der Waals surface area contributed by atoms with Crippen LogP contribution in [0.3, 0.4) is 0 Å². The summed E-state index contributed by atoms with van der Waals surface area (Å²) < 4.78 is 6.23. The number of carbonyl (C=O) groups is 3. The highest BCUT2D eigenvalue weighted by molar-refractivity contribution is 7.10. The fourth-order valence-electron chi connectivity index (χ4n) is 6.13. The molecule has 1 fully saturated rings. The number of halogens is 1. The minimum absolute atomic E-state index is 0. The van der Waals surface area contributed by atoms with E-state index in [1.807, 2.05) is 69.8 Å². The van der Waals surface area contributed by atoms with E-state index < -0.39 is 0 Å². The number of hydrogen-bond donors (Lipinski definition) is 2. The number of piperidine rings is 1. The largest absolute Gasteiger partial charge is 0.491 e. The number of benzene rings is 3. The molecule has 3 amide bonds. The zero-order chi connectivity index (χ0) is 31.9. The lowest BCUT2D eigenvalue weighted by Gasteiger charge is -2.30. The maximum atomic E-state index is 13.9. The molecule has 3 N–H and O–H groups in total. The smallest absolute Gasteiger partial charge is 0.258 e. The summed E-state index contributed by atoms with van der Waals surface area (Å²) in [5.74, 6) is 0.112. The SMILES string of the molecule is Cl.NC1CCN(C(=O)CCCOc2cc(C(=O)N3CCCCc4sccc43)ccc2NC(=O)c2ccccc2-c2ccccc2)CC1. The number of ether oxygens (including phenoxy) is 1. The van der Waals surface area contributed by atoms with Crippen molar-refractivity contribution in [2.24, 2.45) is 5.73 Å². The van der Waals surface area contributed by atoms with Crippen LogP contribution in [0, 0.1) is 0 Å². The topological polar surface area (TPSA) is 105 Å². The molecule has 2 aliphatic rings. The van der Waals surface area contributed by atoms with Gasteiger partial charge in [-0.3, -0.25) is 14.4 Å². The van der Waals surface area contributed by atoms with Crippen LogP contribution in [0.15, 0.2) is 84.2 Å². The Labute approximate surface area is 286 Å². The van der Waals surface area contributed by atoms with Gasteiger partial charge < -0.3 is 25.6 Å². The first-order valence-corrected chi connectivity index (χ1v) is 17.0. The van der Waals surface area contributed by atoms with Gasteiger partial charge in [-0.1, -0.05) is 48.5 Å². The molecule has 246 valence electrons. The van der Waals surface area contributed by atoms with Crippen molar-refractivity contribution in [2.75, 3.05) is 36.5 Å². The number of aryl methyl sites for hydroxylation is 1. The summed E-state index contributed by atoms with van der Waals surface area (Å²) >= 11 is 1.69.